The second-order valence-electron chi connectivity index (χ2n) is 6.60. The molecule has 2 heterocycles. The zero-order chi connectivity index (χ0) is 18.5. The molecule has 4 nitrogen and oxygen atoms in total. The number of hydrogen-bond acceptors (Lipinski definition) is 5. The molecule has 26 heavy (non-hydrogen) atoms. The molecule has 0 bridgehead atoms. The highest BCUT2D eigenvalue weighted by atomic mass is 32.2. The van der Waals surface area contributed by atoms with Gasteiger partial charge in [0.15, 0.2) is 5.78 Å². The van der Waals surface area contributed by atoms with Crippen molar-refractivity contribution < 1.29 is 9.59 Å². The first-order valence-electron chi connectivity index (χ1n) is 8.94. The molecule has 1 saturated heterocycles. The minimum absolute atomic E-state index is 0.0915. The molecule has 0 radical (unpaired) electrons. The van der Waals surface area contributed by atoms with E-state index in [2.05, 4.69) is 4.98 Å². The fraction of sp³-hybridized carbons (Fsp3) is 0.450. The number of thioether (sulfide) groups is 1. The molecule has 2 aromatic rings. The van der Waals surface area contributed by atoms with Crippen LogP contribution in [0.1, 0.15) is 40.2 Å². The minimum atomic E-state index is -0.0915. The Morgan fingerprint density at radius 2 is 2.15 bits per heavy atom. The maximum atomic E-state index is 13.0. The second kappa shape index (κ2) is 8.82. The van der Waals surface area contributed by atoms with Crippen molar-refractivity contribution in [2.45, 2.75) is 37.5 Å². The van der Waals surface area contributed by atoms with Crippen molar-refractivity contribution in [1.29, 1.82) is 0 Å². The number of piperidine rings is 1. The van der Waals surface area contributed by atoms with E-state index in [0.717, 1.165) is 42.0 Å². The lowest BCUT2D eigenvalue weighted by Gasteiger charge is -2.32. The summed E-state index contributed by atoms with van der Waals surface area (Å²) in [5.74, 6) is 0.227. The number of nitrogens with zero attached hydrogens (tertiary/aromatic N) is 2. The largest absolute Gasteiger partial charge is 0.342 e. The maximum absolute atomic E-state index is 13.0. The van der Waals surface area contributed by atoms with Crippen LogP contribution in [0.5, 0.6) is 0 Å². The quantitative estimate of drug-likeness (QED) is 0.549. The summed E-state index contributed by atoms with van der Waals surface area (Å²) in [5, 5.41) is 0. The van der Waals surface area contributed by atoms with Gasteiger partial charge in [-0.05, 0) is 38.5 Å². The van der Waals surface area contributed by atoms with Crippen LogP contribution in [0.2, 0.25) is 0 Å². The Hall–Kier alpha value is -1.66. The zero-order valence-electron chi connectivity index (χ0n) is 15.2. The summed E-state index contributed by atoms with van der Waals surface area (Å²) in [7, 11) is 0. The Kier molecular flexibility index (Phi) is 6.48. The average molecular weight is 389 g/mol. The Labute approximate surface area is 163 Å². The fourth-order valence-electron chi connectivity index (χ4n) is 3.43. The highest BCUT2D eigenvalue weighted by Gasteiger charge is 2.29. The summed E-state index contributed by atoms with van der Waals surface area (Å²) in [6, 6.07) is 7.76. The number of benzene rings is 1. The molecule has 1 atom stereocenters. The van der Waals surface area contributed by atoms with Crippen molar-refractivity contribution >= 4 is 34.8 Å². The molecule has 0 spiro atoms. The van der Waals surface area contributed by atoms with Gasteiger partial charge in [0.25, 0.3) is 0 Å². The molecular weight excluding hydrogens is 364 g/mol. The fourth-order valence-corrected chi connectivity index (χ4v) is 4.81. The molecule has 0 aliphatic carbocycles. The van der Waals surface area contributed by atoms with Gasteiger partial charge in [0.2, 0.25) is 5.91 Å². The SMILES string of the molecule is CSc1ccccc1C(=O)[C@H]1CCCN(C(=O)CCc2scnc2C)C1. The van der Waals surface area contributed by atoms with Gasteiger partial charge >= 0.3 is 0 Å². The number of carbonyl (C=O) groups is 2. The van der Waals surface area contributed by atoms with Crippen molar-refractivity contribution in [3.63, 3.8) is 0 Å². The first-order valence-corrected chi connectivity index (χ1v) is 11.0. The highest BCUT2D eigenvalue weighted by Crippen LogP contribution is 2.27. The number of likely N-dealkylation sites (tertiary alicyclic amines) is 1. The van der Waals surface area contributed by atoms with Crippen LogP contribution in [0.15, 0.2) is 34.7 Å². The standard InChI is InChI=1S/C20H24N2O2S2/c1-14-17(26-13-21-14)9-10-19(23)22-11-5-6-15(12-22)20(24)16-7-3-4-8-18(16)25-2/h3-4,7-8,13,15H,5-6,9-12H2,1-2H3/t15-/m0/s1. The lowest BCUT2D eigenvalue weighted by molar-refractivity contribution is -0.132. The second-order valence-corrected chi connectivity index (χ2v) is 8.39. The van der Waals surface area contributed by atoms with Crippen molar-refractivity contribution in [3.05, 3.63) is 45.9 Å². The van der Waals surface area contributed by atoms with E-state index in [1.165, 1.54) is 4.88 Å². The summed E-state index contributed by atoms with van der Waals surface area (Å²) in [5.41, 5.74) is 3.64. The summed E-state index contributed by atoms with van der Waals surface area (Å²) in [4.78, 5) is 33.9. The average Bonchev–Trinajstić information content (AvgIpc) is 3.10. The van der Waals surface area contributed by atoms with E-state index >= 15 is 0 Å². The van der Waals surface area contributed by atoms with E-state index in [1.54, 1.807) is 23.1 Å². The lowest BCUT2D eigenvalue weighted by atomic mass is 9.89. The highest BCUT2D eigenvalue weighted by molar-refractivity contribution is 7.98. The predicted octanol–water partition coefficient (Wildman–Crippen LogP) is 4.23. The van der Waals surface area contributed by atoms with E-state index in [9.17, 15) is 9.59 Å². The van der Waals surface area contributed by atoms with Crippen LogP contribution < -0.4 is 0 Å². The van der Waals surface area contributed by atoms with E-state index < -0.39 is 0 Å². The maximum Gasteiger partial charge on any atom is 0.222 e. The molecule has 1 aromatic heterocycles. The van der Waals surface area contributed by atoms with Crippen molar-refractivity contribution in [1.82, 2.24) is 9.88 Å². The molecule has 0 N–H and O–H groups in total. The molecule has 3 rings (SSSR count). The summed E-state index contributed by atoms with van der Waals surface area (Å²) >= 11 is 3.20. The van der Waals surface area contributed by atoms with E-state index in [1.807, 2.05) is 47.9 Å². The molecule has 1 aromatic carbocycles. The Morgan fingerprint density at radius 1 is 1.35 bits per heavy atom. The number of amides is 1. The number of aryl methyl sites for hydroxylation is 2. The number of aromatic nitrogens is 1. The molecule has 0 saturated carbocycles. The van der Waals surface area contributed by atoms with Crippen molar-refractivity contribution in [2.75, 3.05) is 19.3 Å². The van der Waals surface area contributed by atoms with Gasteiger partial charge in [-0.2, -0.15) is 0 Å². The van der Waals surface area contributed by atoms with Gasteiger partial charge in [-0.3, -0.25) is 9.59 Å². The lowest BCUT2D eigenvalue weighted by Crippen LogP contribution is -2.42. The van der Waals surface area contributed by atoms with Gasteiger partial charge in [0, 0.05) is 40.8 Å². The normalized spacial score (nSPS) is 17.3. The third-order valence-electron chi connectivity index (χ3n) is 4.93. The third-order valence-corrected chi connectivity index (χ3v) is 6.72. The molecule has 1 aliphatic rings. The summed E-state index contributed by atoms with van der Waals surface area (Å²) in [6.45, 7) is 3.28. The number of hydrogen-bond donors (Lipinski definition) is 0. The number of ketones is 1. The molecule has 1 fully saturated rings. The van der Waals surface area contributed by atoms with Crippen LogP contribution in [-0.2, 0) is 11.2 Å². The number of Topliss-reactive ketones (excluding diaryl/α,β-unsaturated/α-hetero) is 1. The van der Waals surface area contributed by atoms with Crippen LogP contribution in [0.3, 0.4) is 0 Å². The Morgan fingerprint density at radius 3 is 2.88 bits per heavy atom. The molecular formula is C20H24N2O2S2. The number of rotatable bonds is 6. The van der Waals surface area contributed by atoms with Gasteiger partial charge < -0.3 is 4.90 Å². The molecule has 1 aliphatic heterocycles. The van der Waals surface area contributed by atoms with E-state index in [0.29, 0.717) is 13.0 Å². The van der Waals surface area contributed by atoms with Gasteiger partial charge in [-0.15, -0.1) is 23.1 Å². The third kappa shape index (κ3) is 4.35. The van der Waals surface area contributed by atoms with Gasteiger partial charge in [0.05, 0.1) is 11.2 Å². The van der Waals surface area contributed by atoms with Crippen molar-refractivity contribution in [3.8, 4) is 0 Å². The smallest absolute Gasteiger partial charge is 0.222 e. The molecule has 1 amide bonds. The van der Waals surface area contributed by atoms with Crippen LogP contribution in [0.4, 0.5) is 0 Å². The summed E-state index contributed by atoms with van der Waals surface area (Å²) in [6.07, 6.45) is 4.97. The minimum Gasteiger partial charge on any atom is -0.342 e. The van der Waals surface area contributed by atoms with Gasteiger partial charge in [-0.25, -0.2) is 4.98 Å². The number of thiazole rings is 1. The summed E-state index contributed by atoms with van der Waals surface area (Å²) < 4.78 is 0. The zero-order valence-corrected chi connectivity index (χ0v) is 16.9. The van der Waals surface area contributed by atoms with E-state index in [-0.39, 0.29) is 17.6 Å². The predicted molar refractivity (Wildman–Crippen MR) is 107 cm³/mol. The molecule has 138 valence electrons. The van der Waals surface area contributed by atoms with Gasteiger partial charge in [-0.1, -0.05) is 18.2 Å². The van der Waals surface area contributed by atoms with Crippen LogP contribution in [0.25, 0.3) is 0 Å². The van der Waals surface area contributed by atoms with Crippen LogP contribution in [0, 0.1) is 12.8 Å². The van der Waals surface area contributed by atoms with E-state index in [4.69, 9.17) is 0 Å². The number of carbonyl (C=O) groups excluding carboxylic acids is 2. The Bertz CT molecular complexity index is 788. The Balaban J connectivity index is 1.62. The first-order chi connectivity index (χ1) is 12.6. The van der Waals surface area contributed by atoms with Gasteiger partial charge in [0.1, 0.15) is 0 Å². The first kappa shape index (κ1) is 19.1. The molecule has 0 unspecified atom stereocenters. The van der Waals surface area contributed by atoms with Crippen LogP contribution >= 0.6 is 23.1 Å². The topological polar surface area (TPSA) is 50.3 Å². The van der Waals surface area contributed by atoms with Crippen LogP contribution in [-0.4, -0.2) is 40.9 Å². The monoisotopic (exact) mass is 388 g/mol. The van der Waals surface area contributed by atoms with Crippen molar-refractivity contribution in [2.24, 2.45) is 5.92 Å². The molecule has 6 heteroatoms.